The average Bonchev–Trinajstić information content (AvgIpc) is 3.33. The zero-order valence-corrected chi connectivity index (χ0v) is 14.1. The maximum absolute atomic E-state index is 11.8. The van der Waals surface area contributed by atoms with E-state index in [0.717, 1.165) is 58.4 Å². The van der Waals surface area contributed by atoms with Crippen molar-refractivity contribution in [1.29, 1.82) is 0 Å². The predicted octanol–water partition coefficient (Wildman–Crippen LogP) is -0.259. The Kier molecular flexibility index (Phi) is 3.56. The smallest absolute Gasteiger partial charge is 0.267 e. The molecule has 0 aliphatic carbocycles. The number of nitrogens with two attached hydrogens (primary N) is 1. The van der Waals surface area contributed by atoms with Gasteiger partial charge >= 0.3 is 0 Å². The van der Waals surface area contributed by atoms with Crippen LogP contribution in [-0.2, 0) is 9.47 Å². The van der Waals surface area contributed by atoms with Crippen LogP contribution in [0.25, 0.3) is 0 Å². The first kappa shape index (κ1) is 15.3. The number of nitrogens with zero attached hydrogens (tertiary/aromatic N) is 4. The zero-order chi connectivity index (χ0) is 17.0. The number of aromatic nitrogens is 2. The summed E-state index contributed by atoms with van der Waals surface area (Å²) in [6.45, 7) is 6.83. The molecule has 0 unspecified atom stereocenters. The van der Waals surface area contributed by atoms with Crippen LogP contribution < -0.4 is 15.5 Å². The minimum Gasteiger partial charge on any atom is -0.381 e. The third kappa shape index (κ3) is 2.64. The van der Waals surface area contributed by atoms with E-state index in [1.54, 1.807) is 6.07 Å². The van der Waals surface area contributed by atoms with Gasteiger partial charge in [-0.15, -0.1) is 0 Å². The molecule has 25 heavy (non-hydrogen) atoms. The van der Waals surface area contributed by atoms with Crippen molar-refractivity contribution in [3.05, 3.63) is 11.8 Å². The van der Waals surface area contributed by atoms with Gasteiger partial charge in [0.25, 0.3) is 5.91 Å². The fourth-order valence-corrected chi connectivity index (χ4v) is 4.58. The Morgan fingerprint density at radius 2 is 1.44 bits per heavy atom. The van der Waals surface area contributed by atoms with Crippen molar-refractivity contribution in [3.63, 3.8) is 0 Å². The van der Waals surface area contributed by atoms with Gasteiger partial charge in [-0.25, -0.2) is 4.98 Å². The molecule has 4 atom stereocenters. The Morgan fingerprint density at radius 1 is 0.920 bits per heavy atom. The molecule has 5 heterocycles. The number of ether oxygens (including phenoxy) is 2. The van der Waals surface area contributed by atoms with Gasteiger partial charge in [0.15, 0.2) is 0 Å². The second kappa shape index (κ2) is 5.81. The molecule has 4 aliphatic heterocycles. The molecule has 0 radical (unpaired) electrons. The van der Waals surface area contributed by atoms with Crippen LogP contribution in [-0.4, -0.2) is 68.5 Å². The van der Waals surface area contributed by atoms with Crippen LogP contribution in [0.2, 0.25) is 0 Å². The third-order valence-corrected chi connectivity index (χ3v) is 6.04. The Hall–Kier alpha value is -1.93. The first-order valence-corrected chi connectivity index (χ1v) is 9.01. The highest BCUT2D eigenvalue weighted by molar-refractivity contribution is 5.91. The molecule has 4 aliphatic rings. The number of primary amides is 1. The van der Waals surface area contributed by atoms with Gasteiger partial charge in [-0.3, -0.25) is 4.79 Å². The summed E-state index contributed by atoms with van der Waals surface area (Å²) in [5, 5.41) is 0. The van der Waals surface area contributed by atoms with Gasteiger partial charge in [0, 0.05) is 55.9 Å². The summed E-state index contributed by atoms with van der Waals surface area (Å²) in [5.74, 6) is 3.10. The minimum absolute atomic E-state index is 0.293. The third-order valence-electron chi connectivity index (χ3n) is 6.04. The fourth-order valence-electron chi connectivity index (χ4n) is 4.58. The van der Waals surface area contributed by atoms with Gasteiger partial charge in [-0.05, 0) is 0 Å². The molecule has 0 aromatic carbocycles. The number of hydrogen-bond acceptors (Lipinski definition) is 7. The molecule has 2 N–H and O–H groups in total. The number of anilines is 2. The molecular formula is C17H23N5O3. The summed E-state index contributed by atoms with van der Waals surface area (Å²) < 4.78 is 11.1. The van der Waals surface area contributed by atoms with Crippen molar-refractivity contribution < 1.29 is 14.3 Å². The van der Waals surface area contributed by atoms with E-state index in [9.17, 15) is 4.79 Å². The molecule has 1 aromatic heterocycles. The van der Waals surface area contributed by atoms with Crippen molar-refractivity contribution in [3.8, 4) is 0 Å². The summed E-state index contributed by atoms with van der Waals surface area (Å²) in [6, 6.07) is 1.73. The molecule has 4 saturated heterocycles. The highest BCUT2D eigenvalue weighted by Crippen LogP contribution is 2.34. The van der Waals surface area contributed by atoms with Gasteiger partial charge in [0.1, 0.15) is 11.5 Å². The SMILES string of the molecule is NC(=O)c1cc(N2C[C@H]3COC[C@H]3C2)nc(N2C[C@H]3COC[C@H]3C2)n1. The summed E-state index contributed by atoms with van der Waals surface area (Å²) in [6.07, 6.45) is 0. The van der Waals surface area contributed by atoms with Crippen LogP contribution in [0, 0.1) is 23.7 Å². The summed E-state index contributed by atoms with van der Waals surface area (Å²) in [5.41, 5.74) is 5.82. The van der Waals surface area contributed by atoms with Crippen molar-refractivity contribution in [2.24, 2.45) is 29.4 Å². The first-order chi connectivity index (χ1) is 12.2. The van der Waals surface area contributed by atoms with Gasteiger partial charge < -0.3 is 25.0 Å². The number of hydrogen-bond donors (Lipinski definition) is 1. The number of amides is 1. The second-order valence-electron chi connectivity index (χ2n) is 7.70. The molecule has 4 fully saturated rings. The van der Waals surface area contributed by atoms with E-state index in [-0.39, 0.29) is 0 Å². The molecule has 1 aromatic rings. The van der Waals surface area contributed by atoms with Crippen molar-refractivity contribution >= 4 is 17.7 Å². The van der Waals surface area contributed by atoms with Crippen LogP contribution in [0.15, 0.2) is 6.07 Å². The lowest BCUT2D eigenvalue weighted by Crippen LogP contribution is -2.29. The van der Waals surface area contributed by atoms with E-state index in [4.69, 9.17) is 20.2 Å². The van der Waals surface area contributed by atoms with Crippen LogP contribution >= 0.6 is 0 Å². The van der Waals surface area contributed by atoms with Crippen molar-refractivity contribution in [2.45, 2.75) is 0 Å². The second-order valence-corrected chi connectivity index (χ2v) is 7.70. The first-order valence-electron chi connectivity index (χ1n) is 9.01. The van der Waals surface area contributed by atoms with E-state index in [0.29, 0.717) is 35.3 Å². The molecule has 0 bridgehead atoms. The molecule has 0 spiro atoms. The monoisotopic (exact) mass is 345 g/mol. The number of fused-ring (bicyclic) bond motifs is 2. The van der Waals surface area contributed by atoms with E-state index < -0.39 is 5.91 Å². The lowest BCUT2D eigenvalue weighted by atomic mass is 10.0. The topological polar surface area (TPSA) is 93.8 Å². The Bertz CT molecular complexity index is 627. The highest BCUT2D eigenvalue weighted by Gasteiger charge is 2.40. The van der Waals surface area contributed by atoms with Crippen LogP contribution in [0.4, 0.5) is 11.8 Å². The molecule has 8 nitrogen and oxygen atoms in total. The number of carbonyl (C=O) groups excluding carboxylic acids is 1. The lowest BCUT2D eigenvalue weighted by molar-refractivity contribution is 0.0995. The highest BCUT2D eigenvalue weighted by atomic mass is 16.5. The largest absolute Gasteiger partial charge is 0.381 e. The van der Waals surface area contributed by atoms with Gasteiger partial charge in [-0.1, -0.05) is 0 Å². The zero-order valence-electron chi connectivity index (χ0n) is 14.1. The molecule has 134 valence electrons. The Morgan fingerprint density at radius 3 is 1.96 bits per heavy atom. The fraction of sp³-hybridized carbons (Fsp3) is 0.706. The van der Waals surface area contributed by atoms with E-state index in [2.05, 4.69) is 14.8 Å². The predicted molar refractivity (Wildman–Crippen MR) is 90.6 cm³/mol. The molecular weight excluding hydrogens is 322 g/mol. The summed E-state index contributed by atoms with van der Waals surface area (Å²) in [4.78, 5) is 25.4. The minimum atomic E-state index is -0.504. The van der Waals surface area contributed by atoms with E-state index in [1.165, 1.54) is 0 Å². The standard InChI is InChI=1S/C17H23N5O3/c18-16(23)14-1-15(21-2-10-6-24-7-11(10)3-21)20-17(19-14)22-4-12-8-25-9-13(12)5-22/h1,10-13H,2-9H2,(H2,18,23)/t10-,11+,12-,13+. The Labute approximate surface area is 146 Å². The normalized spacial score (nSPS) is 33.8. The molecule has 0 saturated carbocycles. The van der Waals surface area contributed by atoms with Gasteiger partial charge in [0.2, 0.25) is 5.95 Å². The van der Waals surface area contributed by atoms with Gasteiger partial charge in [-0.2, -0.15) is 4.98 Å². The Balaban J connectivity index is 1.43. The van der Waals surface area contributed by atoms with Crippen LogP contribution in [0.1, 0.15) is 10.5 Å². The molecule has 1 amide bonds. The van der Waals surface area contributed by atoms with Crippen LogP contribution in [0.5, 0.6) is 0 Å². The quantitative estimate of drug-likeness (QED) is 0.807. The number of rotatable bonds is 3. The maximum Gasteiger partial charge on any atom is 0.267 e. The van der Waals surface area contributed by atoms with Crippen molar-refractivity contribution in [1.82, 2.24) is 9.97 Å². The molecule has 8 heteroatoms. The summed E-state index contributed by atoms with van der Waals surface area (Å²) in [7, 11) is 0. The van der Waals surface area contributed by atoms with Crippen LogP contribution in [0.3, 0.4) is 0 Å². The lowest BCUT2D eigenvalue weighted by Gasteiger charge is -2.23. The van der Waals surface area contributed by atoms with E-state index in [1.807, 2.05) is 0 Å². The van der Waals surface area contributed by atoms with Gasteiger partial charge in [0.05, 0.1) is 26.4 Å². The average molecular weight is 345 g/mol. The van der Waals surface area contributed by atoms with Crippen molar-refractivity contribution in [2.75, 3.05) is 62.4 Å². The number of carbonyl (C=O) groups is 1. The molecule has 5 rings (SSSR count). The summed E-state index contributed by atoms with van der Waals surface area (Å²) >= 11 is 0. The maximum atomic E-state index is 11.8. The van der Waals surface area contributed by atoms with E-state index >= 15 is 0 Å².